The van der Waals surface area contributed by atoms with E-state index < -0.39 is 0 Å². The average molecular weight is 260 g/mol. The second-order valence-electron chi connectivity index (χ2n) is 5.01. The van der Waals surface area contributed by atoms with E-state index >= 15 is 0 Å². The SMILES string of the molecule is Cc1cc2nc3nc4ccccc4nc3nc2cc1C. The van der Waals surface area contributed by atoms with Crippen molar-refractivity contribution in [2.24, 2.45) is 0 Å². The second-order valence-corrected chi connectivity index (χ2v) is 5.01. The van der Waals surface area contributed by atoms with Crippen LogP contribution in [0.25, 0.3) is 33.4 Å². The van der Waals surface area contributed by atoms with Crippen LogP contribution in [0.4, 0.5) is 0 Å². The van der Waals surface area contributed by atoms with Gasteiger partial charge in [-0.25, -0.2) is 19.9 Å². The summed E-state index contributed by atoms with van der Waals surface area (Å²) < 4.78 is 0. The van der Waals surface area contributed by atoms with Gasteiger partial charge in [0.1, 0.15) is 0 Å². The number of benzene rings is 2. The Kier molecular flexibility index (Phi) is 2.21. The molecule has 2 heterocycles. The van der Waals surface area contributed by atoms with Gasteiger partial charge in [-0.3, -0.25) is 0 Å². The van der Waals surface area contributed by atoms with Gasteiger partial charge in [-0.05, 0) is 49.2 Å². The molecular formula is C16H12N4. The zero-order valence-electron chi connectivity index (χ0n) is 11.3. The Labute approximate surface area is 115 Å². The number of hydrogen-bond donors (Lipinski definition) is 0. The molecule has 4 nitrogen and oxygen atoms in total. The van der Waals surface area contributed by atoms with Gasteiger partial charge in [0.25, 0.3) is 0 Å². The van der Waals surface area contributed by atoms with Crippen LogP contribution < -0.4 is 0 Å². The molecule has 0 N–H and O–H groups in total. The summed E-state index contributed by atoms with van der Waals surface area (Å²) in [5.74, 6) is 0. The van der Waals surface area contributed by atoms with Gasteiger partial charge in [-0.15, -0.1) is 0 Å². The largest absolute Gasteiger partial charge is 0.224 e. The minimum Gasteiger partial charge on any atom is -0.224 e. The minimum absolute atomic E-state index is 0.597. The average Bonchev–Trinajstić information content (AvgIpc) is 2.44. The van der Waals surface area contributed by atoms with E-state index in [1.54, 1.807) is 0 Å². The van der Waals surface area contributed by atoms with Crippen molar-refractivity contribution < 1.29 is 0 Å². The monoisotopic (exact) mass is 260 g/mol. The van der Waals surface area contributed by atoms with Crippen LogP contribution in [-0.2, 0) is 0 Å². The van der Waals surface area contributed by atoms with Crippen LogP contribution in [0.15, 0.2) is 36.4 Å². The van der Waals surface area contributed by atoms with Crippen molar-refractivity contribution in [1.82, 2.24) is 19.9 Å². The maximum absolute atomic E-state index is 4.59. The molecule has 0 unspecified atom stereocenters. The number of nitrogens with zero attached hydrogens (tertiary/aromatic N) is 4. The van der Waals surface area contributed by atoms with Crippen LogP contribution >= 0.6 is 0 Å². The Balaban J connectivity index is 2.15. The van der Waals surface area contributed by atoms with Gasteiger partial charge in [0.05, 0.1) is 22.1 Å². The van der Waals surface area contributed by atoms with E-state index in [9.17, 15) is 0 Å². The van der Waals surface area contributed by atoms with Gasteiger partial charge in [-0.2, -0.15) is 0 Å². The molecule has 0 aliphatic heterocycles. The molecule has 0 saturated carbocycles. The first kappa shape index (κ1) is 11.2. The summed E-state index contributed by atoms with van der Waals surface area (Å²) in [5, 5.41) is 0. The van der Waals surface area contributed by atoms with E-state index in [-0.39, 0.29) is 0 Å². The second kappa shape index (κ2) is 3.93. The Bertz CT molecular complexity index is 896. The highest BCUT2D eigenvalue weighted by atomic mass is 15.0. The third kappa shape index (κ3) is 1.61. The fraction of sp³-hybridized carbons (Fsp3) is 0.125. The van der Waals surface area contributed by atoms with Crippen molar-refractivity contribution in [3.8, 4) is 0 Å². The van der Waals surface area contributed by atoms with E-state index in [4.69, 9.17) is 0 Å². The van der Waals surface area contributed by atoms with Gasteiger partial charge >= 0.3 is 0 Å². The van der Waals surface area contributed by atoms with E-state index in [1.807, 2.05) is 36.4 Å². The molecule has 0 atom stereocenters. The third-order valence-corrected chi connectivity index (χ3v) is 3.58. The summed E-state index contributed by atoms with van der Waals surface area (Å²) in [7, 11) is 0. The van der Waals surface area contributed by atoms with Crippen molar-refractivity contribution in [2.75, 3.05) is 0 Å². The van der Waals surface area contributed by atoms with Crippen molar-refractivity contribution >= 4 is 33.4 Å². The standard InChI is InChI=1S/C16H12N4/c1-9-7-13-14(8-10(9)2)20-16-15(19-13)17-11-5-3-4-6-12(11)18-16/h3-8H,1-2H3. The van der Waals surface area contributed by atoms with Crippen LogP contribution in [0.5, 0.6) is 0 Å². The Morgan fingerprint density at radius 3 is 1.45 bits per heavy atom. The maximum Gasteiger partial charge on any atom is 0.199 e. The van der Waals surface area contributed by atoms with E-state index in [2.05, 4.69) is 33.8 Å². The van der Waals surface area contributed by atoms with Crippen molar-refractivity contribution in [1.29, 1.82) is 0 Å². The molecule has 0 spiro atoms. The van der Waals surface area contributed by atoms with Gasteiger partial charge < -0.3 is 0 Å². The van der Waals surface area contributed by atoms with E-state index in [0.29, 0.717) is 11.3 Å². The highest BCUT2D eigenvalue weighted by molar-refractivity contribution is 5.88. The molecule has 0 radical (unpaired) electrons. The summed E-state index contributed by atoms with van der Waals surface area (Å²) in [6, 6.07) is 11.9. The Morgan fingerprint density at radius 1 is 0.600 bits per heavy atom. The summed E-state index contributed by atoms with van der Waals surface area (Å²) >= 11 is 0. The van der Waals surface area contributed by atoms with Crippen LogP contribution in [0, 0.1) is 13.8 Å². The lowest BCUT2D eigenvalue weighted by Crippen LogP contribution is -1.95. The van der Waals surface area contributed by atoms with Crippen LogP contribution in [-0.4, -0.2) is 19.9 Å². The van der Waals surface area contributed by atoms with Gasteiger partial charge in [-0.1, -0.05) is 12.1 Å². The number of hydrogen-bond acceptors (Lipinski definition) is 4. The lowest BCUT2D eigenvalue weighted by molar-refractivity contribution is 1.24. The first-order chi connectivity index (χ1) is 9.70. The highest BCUT2D eigenvalue weighted by Crippen LogP contribution is 2.19. The maximum atomic E-state index is 4.59. The Hall–Kier alpha value is -2.62. The predicted octanol–water partition coefficient (Wildman–Crippen LogP) is 3.34. The predicted molar refractivity (Wildman–Crippen MR) is 79.6 cm³/mol. The molecular weight excluding hydrogens is 248 g/mol. The molecule has 2 aromatic carbocycles. The zero-order valence-corrected chi connectivity index (χ0v) is 11.3. The lowest BCUT2D eigenvalue weighted by atomic mass is 10.1. The molecule has 20 heavy (non-hydrogen) atoms. The van der Waals surface area contributed by atoms with Crippen molar-refractivity contribution in [2.45, 2.75) is 13.8 Å². The number of para-hydroxylation sites is 2. The van der Waals surface area contributed by atoms with Gasteiger partial charge in [0.2, 0.25) is 0 Å². The molecule has 0 amide bonds. The molecule has 96 valence electrons. The minimum atomic E-state index is 0.597. The normalized spacial score (nSPS) is 11.5. The molecule has 2 aromatic heterocycles. The number of rotatable bonds is 0. The quantitative estimate of drug-likeness (QED) is 0.455. The first-order valence-corrected chi connectivity index (χ1v) is 6.52. The molecule has 4 rings (SSSR count). The van der Waals surface area contributed by atoms with Crippen molar-refractivity contribution in [3.05, 3.63) is 47.5 Å². The molecule has 0 bridgehead atoms. The molecule has 0 fully saturated rings. The molecule has 0 aliphatic carbocycles. The fourth-order valence-electron chi connectivity index (χ4n) is 2.32. The van der Waals surface area contributed by atoms with Crippen LogP contribution in [0.2, 0.25) is 0 Å². The summed E-state index contributed by atoms with van der Waals surface area (Å²) in [4.78, 5) is 18.3. The number of aryl methyl sites for hydroxylation is 2. The molecule has 0 saturated heterocycles. The van der Waals surface area contributed by atoms with Gasteiger partial charge in [0.15, 0.2) is 11.3 Å². The smallest absolute Gasteiger partial charge is 0.199 e. The third-order valence-electron chi connectivity index (χ3n) is 3.58. The molecule has 0 aliphatic rings. The zero-order chi connectivity index (χ0) is 13.7. The highest BCUT2D eigenvalue weighted by Gasteiger charge is 2.07. The van der Waals surface area contributed by atoms with Crippen LogP contribution in [0.1, 0.15) is 11.1 Å². The fourth-order valence-corrected chi connectivity index (χ4v) is 2.32. The van der Waals surface area contributed by atoms with Crippen molar-refractivity contribution in [3.63, 3.8) is 0 Å². The summed E-state index contributed by atoms with van der Waals surface area (Å²) in [6.45, 7) is 4.15. The first-order valence-electron chi connectivity index (χ1n) is 6.52. The number of aromatic nitrogens is 4. The topological polar surface area (TPSA) is 51.6 Å². The molecule has 4 aromatic rings. The van der Waals surface area contributed by atoms with Gasteiger partial charge in [0, 0.05) is 0 Å². The summed E-state index contributed by atoms with van der Waals surface area (Å²) in [5.41, 5.74) is 7.03. The Morgan fingerprint density at radius 2 is 1.00 bits per heavy atom. The lowest BCUT2D eigenvalue weighted by Gasteiger charge is -2.04. The van der Waals surface area contributed by atoms with E-state index in [0.717, 1.165) is 22.1 Å². The van der Waals surface area contributed by atoms with E-state index in [1.165, 1.54) is 11.1 Å². The van der Waals surface area contributed by atoms with Crippen LogP contribution in [0.3, 0.4) is 0 Å². The molecule has 4 heteroatoms. The summed E-state index contributed by atoms with van der Waals surface area (Å²) in [6.07, 6.45) is 0. The number of fused-ring (bicyclic) bond motifs is 3.